The van der Waals surface area contributed by atoms with E-state index in [2.05, 4.69) is 15.9 Å². The van der Waals surface area contributed by atoms with E-state index in [0.717, 1.165) is 0 Å². The Labute approximate surface area is 80.5 Å². The Bertz CT molecular complexity index is 191. The third kappa shape index (κ3) is 1.80. The molecule has 2 unspecified atom stereocenters. The lowest BCUT2D eigenvalue weighted by Gasteiger charge is -2.38. The Hall–Kier alpha value is -0.0900. The second-order valence-electron chi connectivity index (χ2n) is 3.66. The average Bonchev–Trinajstić information content (AvgIpc) is 1.96. The molecule has 1 aliphatic rings. The molecule has 3 nitrogen and oxygen atoms in total. The molecule has 1 fully saturated rings. The number of hydrogen-bond donors (Lipinski definition) is 0. The number of alkyl halides is 1. The molecule has 4 heteroatoms. The van der Waals surface area contributed by atoms with Crippen LogP contribution in [0.5, 0.6) is 0 Å². The van der Waals surface area contributed by atoms with Crippen molar-refractivity contribution in [3.63, 3.8) is 0 Å². The number of halogens is 1. The maximum Gasteiger partial charge on any atom is 0.308 e. The molecular weight excluding hydrogens is 224 g/mol. The molecule has 0 N–H and O–H groups in total. The summed E-state index contributed by atoms with van der Waals surface area (Å²) in [7, 11) is 1.54. The molecule has 70 valence electrons. The lowest BCUT2D eigenvalue weighted by molar-refractivity contribution is -0.191. The standard InChI is InChI=1S/C8H13BrO3/c1-8(2)4-5(10)12-7(11-3)6(8)9/h6-7H,4H2,1-3H3. The third-order valence-corrected chi connectivity index (χ3v) is 3.74. The monoisotopic (exact) mass is 236 g/mol. The van der Waals surface area contributed by atoms with Crippen LogP contribution in [0.4, 0.5) is 0 Å². The van der Waals surface area contributed by atoms with Crippen molar-refractivity contribution in [1.29, 1.82) is 0 Å². The molecule has 1 saturated heterocycles. The second kappa shape index (κ2) is 3.34. The highest BCUT2D eigenvalue weighted by atomic mass is 79.9. The molecule has 0 spiro atoms. The number of rotatable bonds is 1. The molecule has 0 amide bonds. The van der Waals surface area contributed by atoms with Crippen LogP contribution in [-0.4, -0.2) is 24.2 Å². The van der Waals surface area contributed by atoms with Crippen molar-refractivity contribution in [2.75, 3.05) is 7.11 Å². The van der Waals surface area contributed by atoms with E-state index < -0.39 is 6.29 Å². The Kier molecular flexibility index (Phi) is 2.78. The molecular formula is C8H13BrO3. The SMILES string of the molecule is COC1OC(=O)CC(C)(C)C1Br. The van der Waals surface area contributed by atoms with Crippen molar-refractivity contribution in [2.45, 2.75) is 31.4 Å². The van der Waals surface area contributed by atoms with Crippen molar-refractivity contribution in [3.05, 3.63) is 0 Å². The zero-order valence-electron chi connectivity index (χ0n) is 7.46. The van der Waals surface area contributed by atoms with Crippen molar-refractivity contribution in [2.24, 2.45) is 5.41 Å². The Morgan fingerprint density at radius 3 is 2.75 bits per heavy atom. The van der Waals surface area contributed by atoms with Crippen LogP contribution in [0, 0.1) is 5.41 Å². The van der Waals surface area contributed by atoms with Gasteiger partial charge in [0.1, 0.15) is 0 Å². The summed E-state index contributed by atoms with van der Waals surface area (Å²) in [5.74, 6) is -0.192. The van der Waals surface area contributed by atoms with E-state index in [1.807, 2.05) is 13.8 Å². The first-order valence-corrected chi connectivity index (χ1v) is 4.75. The molecule has 0 aromatic heterocycles. The minimum absolute atomic E-state index is 0.0627. The van der Waals surface area contributed by atoms with E-state index in [-0.39, 0.29) is 16.2 Å². The van der Waals surface area contributed by atoms with Crippen molar-refractivity contribution in [1.82, 2.24) is 0 Å². The summed E-state index contributed by atoms with van der Waals surface area (Å²) >= 11 is 3.46. The van der Waals surface area contributed by atoms with Gasteiger partial charge in [0.2, 0.25) is 6.29 Å². The van der Waals surface area contributed by atoms with Gasteiger partial charge in [0.05, 0.1) is 11.2 Å². The first-order chi connectivity index (χ1) is 5.47. The third-order valence-electron chi connectivity index (χ3n) is 2.07. The predicted octanol–water partition coefficient (Wildman–Crippen LogP) is 1.70. The topological polar surface area (TPSA) is 35.5 Å². The molecule has 0 aromatic carbocycles. The van der Waals surface area contributed by atoms with Crippen LogP contribution in [0.1, 0.15) is 20.3 Å². The van der Waals surface area contributed by atoms with E-state index in [0.29, 0.717) is 6.42 Å². The summed E-state index contributed by atoms with van der Waals surface area (Å²) < 4.78 is 9.99. The molecule has 12 heavy (non-hydrogen) atoms. The number of carbonyl (C=O) groups is 1. The summed E-state index contributed by atoms with van der Waals surface area (Å²) in [6, 6.07) is 0. The summed E-state index contributed by atoms with van der Waals surface area (Å²) in [4.78, 5) is 11.1. The molecule has 2 atom stereocenters. The summed E-state index contributed by atoms with van der Waals surface area (Å²) in [6.45, 7) is 4.03. The number of methoxy groups -OCH3 is 1. The van der Waals surface area contributed by atoms with E-state index in [9.17, 15) is 4.79 Å². The predicted molar refractivity (Wildman–Crippen MR) is 48.0 cm³/mol. The van der Waals surface area contributed by atoms with Crippen LogP contribution in [-0.2, 0) is 14.3 Å². The smallest absolute Gasteiger partial charge is 0.308 e. The fourth-order valence-corrected chi connectivity index (χ4v) is 1.72. The van der Waals surface area contributed by atoms with Crippen LogP contribution in [0.2, 0.25) is 0 Å². The van der Waals surface area contributed by atoms with Crippen molar-refractivity contribution in [3.8, 4) is 0 Å². The molecule has 0 radical (unpaired) electrons. The average molecular weight is 237 g/mol. The van der Waals surface area contributed by atoms with E-state index in [4.69, 9.17) is 9.47 Å². The van der Waals surface area contributed by atoms with E-state index >= 15 is 0 Å². The maximum absolute atomic E-state index is 11.1. The van der Waals surface area contributed by atoms with Gasteiger partial charge in [0, 0.05) is 7.11 Å². The van der Waals surface area contributed by atoms with Crippen LogP contribution >= 0.6 is 15.9 Å². The fraction of sp³-hybridized carbons (Fsp3) is 0.875. The first-order valence-electron chi connectivity index (χ1n) is 3.84. The number of carbonyl (C=O) groups excluding carboxylic acids is 1. The Morgan fingerprint density at radius 2 is 2.25 bits per heavy atom. The second-order valence-corrected chi connectivity index (χ2v) is 4.65. The van der Waals surface area contributed by atoms with Gasteiger partial charge in [0.15, 0.2) is 0 Å². The highest BCUT2D eigenvalue weighted by Gasteiger charge is 2.42. The summed E-state index contributed by atoms with van der Waals surface area (Å²) in [5.41, 5.74) is -0.101. The number of esters is 1. The fourth-order valence-electron chi connectivity index (χ4n) is 1.24. The maximum atomic E-state index is 11.1. The van der Waals surface area contributed by atoms with Gasteiger partial charge in [-0.05, 0) is 5.41 Å². The lowest BCUT2D eigenvalue weighted by atomic mass is 9.84. The Morgan fingerprint density at radius 1 is 1.67 bits per heavy atom. The minimum atomic E-state index is -0.457. The molecule has 1 aliphatic heterocycles. The highest BCUT2D eigenvalue weighted by Crippen LogP contribution is 2.38. The van der Waals surface area contributed by atoms with Crippen LogP contribution in [0.15, 0.2) is 0 Å². The quantitative estimate of drug-likeness (QED) is 0.514. The number of ether oxygens (including phenoxy) is 2. The van der Waals surface area contributed by atoms with Crippen LogP contribution < -0.4 is 0 Å². The van der Waals surface area contributed by atoms with Crippen LogP contribution in [0.25, 0.3) is 0 Å². The first kappa shape index (κ1) is 9.99. The Balaban J connectivity index is 2.75. The van der Waals surface area contributed by atoms with Crippen molar-refractivity contribution >= 4 is 21.9 Å². The van der Waals surface area contributed by atoms with Crippen LogP contribution in [0.3, 0.4) is 0 Å². The zero-order valence-corrected chi connectivity index (χ0v) is 9.05. The van der Waals surface area contributed by atoms with Crippen molar-refractivity contribution < 1.29 is 14.3 Å². The lowest BCUT2D eigenvalue weighted by Crippen LogP contribution is -2.45. The molecule has 0 bridgehead atoms. The highest BCUT2D eigenvalue weighted by molar-refractivity contribution is 9.09. The molecule has 1 rings (SSSR count). The minimum Gasteiger partial charge on any atom is -0.434 e. The van der Waals surface area contributed by atoms with Gasteiger partial charge in [-0.15, -0.1) is 0 Å². The van der Waals surface area contributed by atoms with Gasteiger partial charge in [-0.1, -0.05) is 29.8 Å². The summed E-state index contributed by atoms with van der Waals surface area (Å²) in [5, 5.41) is 0. The van der Waals surface area contributed by atoms with Gasteiger partial charge in [-0.25, -0.2) is 0 Å². The summed E-state index contributed by atoms with van der Waals surface area (Å²) in [6.07, 6.45) is -0.0239. The normalized spacial score (nSPS) is 34.5. The molecule has 0 saturated carbocycles. The van der Waals surface area contributed by atoms with Gasteiger partial charge in [0.25, 0.3) is 0 Å². The van der Waals surface area contributed by atoms with E-state index in [1.54, 1.807) is 0 Å². The van der Waals surface area contributed by atoms with Gasteiger partial charge in [-0.3, -0.25) is 4.79 Å². The molecule has 0 aromatic rings. The van der Waals surface area contributed by atoms with Gasteiger partial charge >= 0.3 is 5.97 Å². The number of cyclic esters (lactones) is 1. The van der Waals surface area contributed by atoms with E-state index in [1.165, 1.54) is 7.11 Å². The largest absolute Gasteiger partial charge is 0.434 e. The molecule has 1 heterocycles. The number of hydrogen-bond acceptors (Lipinski definition) is 3. The molecule has 0 aliphatic carbocycles. The van der Waals surface area contributed by atoms with Gasteiger partial charge in [-0.2, -0.15) is 0 Å². The zero-order chi connectivity index (χ0) is 9.35. The van der Waals surface area contributed by atoms with Gasteiger partial charge < -0.3 is 9.47 Å².